The minimum absolute atomic E-state index is 0.371. The first-order valence-electron chi connectivity index (χ1n) is 4.54. The minimum Gasteiger partial charge on any atom is -0.399 e. The fraction of sp³-hybridized carbons (Fsp3) is 0.667. The highest BCUT2D eigenvalue weighted by atomic mass is 32.2. The van der Waals surface area contributed by atoms with Crippen LogP contribution >= 0.6 is 11.8 Å². The monoisotopic (exact) mass is 215 g/mol. The van der Waals surface area contributed by atoms with E-state index < -0.39 is 0 Å². The van der Waals surface area contributed by atoms with Gasteiger partial charge in [-0.3, -0.25) is 0 Å². The van der Waals surface area contributed by atoms with Crippen LogP contribution in [-0.4, -0.2) is 23.6 Å². The molecule has 1 aliphatic rings. The molecule has 0 aromatic rings. The van der Waals surface area contributed by atoms with Crippen molar-refractivity contribution in [3.8, 4) is 0 Å². The number of nitrogens with two attached hydrogens (primary N) is 2. The van der Waals surface area contributed by atoms with Crippen LogP contribution in [-0.2, 0) is 4.74 Å². The van der Waals surface area contributed by atoms with Crippen LogP contribution in [0.15, 0.2) is 16.4 Å². The lowest BCUT2D eigenvalue weighted by Gasteiger charge is -2.22. The summed E-state index contributed by atoms with van der Waals surface area (Å²) in [4.78, 5) is 4.29. The van der Waals surface area contributed by atoms with Crippen LogP contribution in [0.2, 0.25) is 0 Å². The molecule has 0 fully saturated rings. The molecule has 1 rings (SSSR count). The molecule has 0 radical (unpaired) electrons. The van der Waals surface area contributed by atoms with Gasteiger partial charge < -0.3 is 16.2 Å². The Morgan fingerprint density at radius 2 is 2.36 bits per heavy atom. The molecule has 5 heteroatoms. The highest BCUT2D eigenvalue weighted by Crippen LogP contribution is 2.33. The summed E-state index contributed by atoms with van der Waals surface area (Å²) < 4.78 is 5.59. The molecule has 0 aromatic heterocycles. The van der Waals surface area contributed by atoms with E-state index >= 15 is 0 Å². The Hall–Kier alpha value is -0.680. The molecule has 1 unspecified atom stereocenters. The molecule has 0 amide bonds. The third-order valence-electron chi connectivity index (χ3n) is 2.46. The Bertz CT molecular complexity index is 288. The highest BCUT2D eigenvalue weighted by molar-refractivity contribution is 8.13. The van der Waals surface area contributed by atoms with E-state index in [1.54, 1.807) is 0 Å². The lowest BCUT2D eigenvalue weighted by molar-refractivity contribution is 0.0289. The fourth-order valence-corrected chi connectivity index (χ4v) is 1.51. The van der Waals surface area contributed by atoms with Crippen molar-refractivity contribution >= 4 is 16.9 Å². The number of ether oxygens (including phenoxy) is 1. The van der Waals surface area contributed by atoms with Gasteiger partial charge in [-0.2, -0.15) is 0 Å². The predicted molar refractivity (Wildman–Crippen MR) is 61.0 cm³/mol. The lowest BCUT2D eigenvalue weighted by Crippen LogP contribution is -2.26. The molecule has 4 N–H and O–H groups in total. The first-order chi connectivity index (χ1) is 6.53. The van der Waals surface area contributed by atoms with Crippen molar-refractivity contribution in [2.45, 2.75) is 25.9 Å². The van der Waals surface area contributed by atoms with Crippen LogP contribution in [0.3, 0.4) is 0 Å². The molecule has 1 aliphatic heterocycles. The largest absolute Gasteiger partial charge is 0.399 e. The number of rotatable bonds is 2. The van der Waals surface area contributed by atoms with E-state index in [0.29, 0.717) is 17.5 Å². The number of thioether (sulfide) groups is 1. The molecule has 0 aromatic carbocycles. The normalized spacial score (nSPS) is 28.6. The molecule has 0 spiro atoms. The van der Waals surface area contributed by atoms with Gasteiger partial charge in [-0.1, -0.05) is 18.7 Å². The zero-order chi connectivity index (χ0) is 10.8. The van der Waals surface area contributed by atoms with Gasteiger partial charge in [0.15, 0.2) is 5.17 Å². The summed E-state index contributed by atoms with van der Waals surface area (Å²) in [5.74, 6) is 0. The van der Waals surface area contributed by atoms with E-state index in [4.69, 9.17) is 16.2 Å². The molecule has 80 valence electrons. The van der Waals surface area contributed by atoms with Gasteiger partial charge in [0.05, 0.1) is 18.0 Å². The van der Waals surface area contributed by atoms with Gasteiger partial charge in [0, 0.05) is 0 Å². The second-order valence-corrected chi connectivity index (χ2v) is 4.23. The van der Waals surface area contributed by atoms with Crippen molar-refractivity contribution in [2.24, 2.45) is 16.5 Å². The second kappa shape index (κ2) is 4.23. The van der Waals surface area contributed by atoms with Gasteiger partial charge in [-0.25, -0.2) is 4.99 Å². The average Bonchev–Trinajstić information content (AvgIpc) is 2.47. The minimum atomic E-state index is -0.371. The lowest BCUT2D eigenvalue weighted by atomic mass is 10.00. The van der Waals surface area contributed by atoms with Crippen LogP contribution in [0.25, 0.3) is 0 Å². The Morgan fingerprint density at radius 3 is 2.86 bits per heavy atom. The Labute approximate surface area is 88.8 Å². The molecule has 0 bridgehead atoms. The number of hydrogen-bond acceptors (Lipinski definition) is 4. The van der Waals surface area contributed by atoms with Gasteiger partial charge in [-0.15, -0.1) is 0 Å². The highest BCUT2D eigenvalue weighted by Gasteiger charge is 2.35. The molecule has 4 nitrogen and oxygen atoms in total. The predicted octanol–water partition coefficient (Wildman–Crippen LogP) is 1.03. The van der Waals surface area contributed by atoms with Crippen LogP contribution in [0, 0.1) is 0 Å². The quantitative estimate of drug-likeness (QED) is 0.533. The Kier molecular flexibility index (Phi) is 3.44. The van der Waals surface area contributed by atoms with Crippen molar-refractivity contribution in [3.63, 3.8) is 0 Å². The molecule has 0 aliphatic carbocycles. The van der Waals surface area contributed by atoms with E-state index in [2.05, 4.69) is 4.99 Å². The zero-order valence-corrected chi connectivity index (χ0v) is 9.65. The van der Waals surface area contributed by atoms with Gasteiger partial charge in [-0.05, 0) is 19.6 Å². The third kappa shape index (κ3) is 2.04. The second-order valence-electron chi connectivity index (χ2n) is 3.40. The summed E-state index contributed by atoms with van der Waals surface area (Å²) in [6.07, 6.45) is 2.73. The number of aliphatic imine (C=N–C) groups is 1. The fourth-order valence-electron chi connectivity index (χ4n) is 1.33. The summed E-state index contributed by atoms with van der Waals surface area (Å²) >= 11 is 1.41. The maximum Gasteiger partial charge on any atom is 0.158 e. The average molecular weight is 215 g/mol. The topological polar surface area (TPSA) is 73.6 Å². The summed E-state index contributed by atoms with van der Waals surface area (Å²) in [5.41, 5.74) is 12.6. The van der Waals surface area contributed by atoms with Crippen molar-refractivity contribution in [1.82, 2.24) is 0 Å². The third-order valence-corrected chi connectivity index (χ3v) is 2.97. The first kappa shape index (κ1) is 11.4. The SMILES string of the molecule is CCC1(C)OCC(N)=C1N=C(N)SC. The van der Waals surface area contributed by atoms with Crippen LogP contribution in [0.5, 0.6) is 0 Å². The van der Waals surface area contributed by atoms with Crippen molar-refractivity contribution in [3.05, 3.63) is 11.4 Å². The Balaban J connectivity index is 2.99. The summed E-state index contributed by atoms with van der Waals surface area (Å²) in [6, 6.07) is 0. The molecule has 0 saturated carbocycles. The standard InChI is InChI=1S/C9H17N3OS/c1-4-9(2)7(6(10)5-13-9)12-8(11)14-3/h4-5,10H2,1-3H3,(H2,11,12). The van der Waals surface area contributed by atoms with Crippen molar-refractivity contribution in [2.75, 3.05) is 12.9 Å². The Morgan fingerprint density at radius 1 is 1.71 bits per heavy atom. The summed E-state index contributed by atoms with van der Waals surface area (Å²) in [6.45, 7) is 4.48. The van der Waals surface area contributed by atoms with E-state index in [0.717, 1.165) is 12.1 Å². The number of amidine groups is 1. The number of hydrogen-bond donors (Lipinski definition) is 2. The molecule has 1 heterocycles. The summed E-state index contributed by atoms with van der Waals surface area (Å²) in [7, 11) is 0. The van der Waals surface area contributed by atoms with Crippen molar-refractivity contribution in [1.29, 1.82) is 0 Å². The van der Waals surface area contributed by atoms with E-state index in [1.807, 2.05) is 20.1 Å². The molecular weight excluding hydrogens is 198 g/mol. The van der Waals surface area contributed by atoms with Gasteiger partial charge in [0.2, 0.25) is 0 Å². The molecule has 1 atom stereocenters. The van der Waals surface area contributed by atoms with Gasteiger partial charge >= 0.3 is 0 Å². The van der Waals surface area contributed by atoms with E-state index in [-0.39, 0.29) is 5.60 Å². The van der Waals surface area contributed by atoms with Crippen molar-refractivity contribution < 1.29 is 4.74 Å². The molecular formula is C9H17N3OS. The maximum absolute atomic E-state index is 5.82. The van der Waals surface area contributed by atoms with E-state index in [1.165, 1.54) is 11.8 Å². The van der Waals surface area contributed by atoms with E-state index in [9.17, 15) is 0 Å². The summed E-state index contributed by atoms with van der Waals surface area (Å²) in [5, 5.41) is 0.521. The smallest absolute Gasteiger partial charge is 0.158 e. The van der Waals surface area contributed by atoms with Gasteiger partial charge in [0.1, 0.15) is 5.60 Å². The number of nitrogens with zero attached hydrogens (tertiary/aromatic N) is 1. The zero-order valence-electron chi connectivity index (χ0n) is 8.83. The van der Waals surface area contributed by atoms with Crippen LogP contribution in [0.1, 0.15) is 20.3 Å². The molecule has 14 heavy (non-hydrogen) atoms. The van der Waals surface area contributed by atoms with Crippen LogP contribution in [0.4, 0.5) is 0 Å². The maximum atomic E-state index is 5.82. The van der Waals surface area contributed by atoms with Gasteiger partial charge in [0.25, 0.3) is 0 Å². The first-order valence-corrected chi connectivity index (χ1v) is 5.77. The molecule has 0 saturated heterocycles. The van der Waals surface area contributed by atoms with Crippen LogP contribution < -0.4 is 11.5 Å².